The zero-order valence-electron chi connectivity index (χ0n) is 21.2. The Bertz CT molecular complexity index is 1280. The van der Waals surface area contributed by atoms with Gasteiger partial charge < -0.3 is 16.8 Å². The Morgan fingerprint density at radius 2 is 1.53 bits per heavy atom. The number of aromatic nitrogens is 1. The summed E-state index contributed by atoms with van der Waals surface area (Å²) in [6.45, 7) is 0. The van der Waals surface area contributed by atoms with Gasteiger partial charge in [-0.05, 0) is 41.8 Å². The summed E-state index contributed by atoms with van der Waals surface area (Å²) in [7, 11) is 0. The molecule has 0 spiro atoms. The summed E-state index contributed by atoms with van der Waals surface area (Å²) in [5, 5.41) is 12.0. The van der Waals surface area contributed by atoms with Gasteiger partial charge in [0.2, 0.25) is 5.91 Å². The molecule has 0 fully saturated rings. The number of alkyl halides is 6. The zero-order valence-corrected chi connectivity index (χ0v) is 22.2. The van der Waals surface area contributed by atoms with E-state index in [0.717, 1.165) is 10.9 Å². The number of aliphatic carboxylic acids is 1. The molecular formula is C25H23F6N2NaO4. The monoisotopic (exact) mass is 552 g/mol. The van der Waals surface area contributed by atoms with E-state index in [-0.39, 0.29) is 49.0 Å². The standard InChI is InChI=1S/C25H22F6N2O4.Na.H/c26-24(27,28)16-9-14(10-17(12-16)25(29,30)31)5-6-21(34)20(33-22(35)7-8-23(36)37)11-15-13-32-19-4-2-1-3-18(15)19;;/h1-4,9-10,12-13,20,32H,5-8,11H2,(H,33,35)(H,36,37);;/q;+1;-1. The average molecular weight is 552 g/mol. The molecule has 3 rings (SSSR count). The van der Waals surface area contributed by atoms with Crippen LogP contribution in [0.4, 0.5) is 26.3 Å². The van der Waals surface area contributed by atoms with Crippen molar-refractivity contribution >= 4 is 28.6 Å². The third-order valence-electron chi connectivity index (χ3n) is 5.70. The van der Waals surface area contributed by atoms with Crippen molar-refractivity contribution in [3.63, 3.8) is 0 Å². The van der Waals surface area contributed by atoms with Crippen LogP contribution in [0.3, 0.4) is 0 Å². The maximum absolute atomic E-state index is 13.1. The molecule has 200 valence electrons. The van der Waals surface area contributed by atoms with Crippen molar-refractivity contribution in [2.75, 3.05) is 0 Å². The second-order valence-corrected chi connectivity index (χ2v) is 8.46. The predicted octanol–water partition coefficient (Wildman–Crippen LogP) is 2.42. The fraction of sp³-hybridized carbons (Fsp3) is 0.320. The normalized spacial score (nSPS) is 12.6. The molecule has 13 heteroatoms. The molecule has 38 heavy (non-hydrogen) atoms. The van der Waals surface area contributed by atoms with Crippen molar-refractivity contribution in [3.05, 3.63) is 70.9 Å². The van der Waals surface area contributed by atoms with Crippen molar-refractivity contribution < 1.29 is 76.8 Å². The molecule has 1 heterocycles. The van der Waals surface area contributed by atoms with Gasteiger partial charge in [0.25, 0.3) is 0 Å². The summed E-state index contributed by atoms with van der Waals surface area (Å²) in [5.74, 6) is -2.57. The van der Waals surface area contributed by atoms with Gasteiger partial charge in [0, 0.05) is 36.4 Å². The minimum absolute atomic E-state index is 0. The van der Waals surface area contributed by atoms with Crippen LogP contribution in [0.25, 0.3) is 10.9 Å². The second kappa shape index (κ2) is 12.8. The number of ketones is 1. The van der Waals surface area contributed by atoms with Gasteiger partial charge in [0.1, 0.15) is 0 Å². The summed E-state index contributed by atoms with van der Waals surface area (Å²) >= 11 is 0. The maximum atomic E-state index is 13.1. The van der Waals surface area contributed by atoms with Crippen LogP contribution in [-0.4, -0.2) is 33.8 Å². The number of aryl methyl sites for hydroxylation is 1. The van der Waals surface area contributed by atoms with Crippen molar-refractivity contribution in [1.82, 2.24) is 10.3 Å². The number of carboxylic acid groups (broad SMARTS) is 1. The zero-order chi connectivity index (χ0) is 27.4. The largest absolute Gasteiger partial charge is 1.00 e. The van der Waals surface area contributed by atoms with E-state index < -0.39 is 72.9 Å². The Kier molecular flexibility index (Phi) is 10.6. The summed E-state index contributed by atoms with van der Waals surface area (Å²) in [6.07, 6.45) is -10.2. The molecule has 1 atom stereocenters. The van der Waals surface area contributed by atoms with E-state index in [9.17, 15) is 40.7 Å². The molecule has 0 aliphatic rings. The number of benzene rings is 2. The third kappa shape index (κ3) is 8.60. The molecule has 3 N–H and O–H groups in total. The number of rotatable bonds is 10. The van der Waals surface area contributed by atoms with Gasteiger partial charge in [-0.15, -0.1) is 0 Å². The molecule has 0 aliphatic heterocycles. The first-order valence-electron chi connectivity index (χ1n) is 11.1. The number of carbonyl (C=O) groups excluding carboxylic acids is 2. The molecule has 2 aromatic carbocycles. The van der Waals surface area contributed by atoms with Crippen LogP contribution >= 0.6 is 0 Å². The minimum atomic E-state index is -5.02. The van der Waals surface area contributed by atoms with Gasteiger partial charge in [0.05, 0.1) is 23.6 Å². The van der Waals surface area contributed by atoms with Gasteiger partial charge >= 0.3 is 47.9 Å². The van der Waals surface area contributed by atoms with Crippen molar-refractivity contribution in [2.45, 2.75) is 50.5 Å². The number of halogens is 6. The van der Waals surface area contributed by atoms with E-state index in [1.54, 1.807) is 30.5 Å². The van der Waals surface area contributed by atoms with Crippen molar-refractivity contribution in [1.29, 1.82) is 0 Å². The number of para-hydroxylation sites is 1. The van der Waals surface area contributed by atoms with Crippen LogP contribution in [0.5, 0.6) is 0 Å². The number of Topliss-reactive ketones (excluding diaryl/α,β-unsaturated/α-hetero) is 1. The molecular weight excluding hydrogens is 529 g/mol. The molecule has 0 radical (unpaired) electrons. The van der Waals surface area contributed by atoms with Gasteiger partial charge in [-0.25, -0.2) is 0 Å². The van der Waals surface area contributed by atoms with E-state index in [1.807, 2.05) is 0 Å². The number of amides is 1. The molecule has 1 unspecified atom stereocenters. The first-order chi connectivity index (χ1) is 17.2. The fourth-order valence-electron chi connectivity index (χ4n) is 3.86. The SMILES string of the molecule is O=C(O)CCC(=O)NC(Cc1c[nH]c2ccccc12)C(=O)CCc1cc(C(F)(F)F)cc(C(F)(F)F)c1.[H-].[Na+]. The number of carboxylic acids is 1. The summed E-state index contributed by atoms with van der Waals surface area (Å²) in [4.78, 5) is 39.1. The Balaban J connectivity index is 0.00000380. The Morgan fingerprint density at radius 3 is 2.11 bits per heavy atom. The van der Waals surface area contributed by atoms with Gasteiger partial charge in [-0.3, -0.25) is 14.4 Å². The number of aromatic amines is 1. The average Bonchev–Trinajstić information content (AvgIpc) is 3.22. The van der Waals surface area contributed by atoms with Crippen LogP contribution in [0.1, 0.15) is 42.9 Å². The molecule has 1 amide bonds. The molecule has 0 bridgehead atoms. The van der Waals surface area contributed by atoms with Gasteiger partial charge in [-0.1, -0.05) is 18.2 Å². The van der Waals surface area contributed by atoms with Crippen LogP contribution in [0.15, 0.2) is 48.7 Å². The number of carbonyl (C=O) groups is 3. The number of hydrogen-bond acceptors (Lipinski definition) is 3. The fourth-order valence-corrected chi connectivity index (χ4v) is 3.86. The molecule has 0 saturated heterocycles. The van der Waals surface area contributed by atoms with E-state index in [1.165, 1.54) is 0 Å². The molecule has 6 nitrogen and oxygen atoms in total. The quantitative estimate of drug-likeness (QED) is 0.266. The number of hydrogen-bond donors (Lipinski definition) is 3. The number of fused-ring (bicyclic) bond motifs is 1. The van der Waals surface area contributed by atoms with Crippen LogP contribution in [-0.2, 0) is 39.6 Å². The molecule has 1 aromatic heterocycles. The predicted molar refractivity (Wildman–Crippen MR) is 122 cm³/mol. The molecule has 3 aromatic rings. The summed E-state index contributed by atoms with van der Waals surface area (Å²) in [6, 6.07) is 7.05. The van der Waals surface area contributed by atoms with Crippen LogP contribution < -0.4 is 34.9 Å². The minimum Gasteiger partial charge on any atom is -1.00 e. The van der Waals surface area contributed by atoms with Gasteiger partial charge in [-0.2, -0.15) is 26.3 Å². The van der Waals surface area contributed by atoms with E-state index in [0.29, 0.717) is 17.7 Å². The van der Waals surface area contributed by atoms with Crippen molar-refractivity contribution in [2.24, 2.45) is 0 Å². The van der Waals surface area contributed by atoms with Crippen LogP contribution in [0, 0.1) is 0 Å². The number of nitrogens with one attached hydrogen (secondary N) is 2. The smallest absolute Gasteiger partial charge is 1.00 e. The van der Waals surface area contributed by atoms with E-state index >= 15 is 0 Å². The molecule has 0 aliphatic carbocycles. The first kappa shape index (κ1) is 31.4. The van der Waals surface area contributed by atoms with Crippen LogP contribution in [0.2, 0.25) is 0 Å². The topological polar surface area (TPSA) is 99.3 Å². The Morgan fingerprint density at radius 1 is 0.921 bits per heavy atom. The number of H-pyrrole nitrogens is 1. The Labute approximate surface area is 236 Å². The Hall–Kier alpha value is -2.83. The van der Waals surface area contributed by atoms with E-state index in [2.05, 4.69) is 10.3 Å². The van der Waals surface area contributed by atoms with E-state index in [4.69, 9.17) is 5.11 Å². The van der Waals surface area contributed by atoms with Crippen molar-refractivity contribution in [3.8, 4) is 0 Å². The first-order valence-corrected chi connectivity index (χ1v) is 11.1. The summed E-state index contributed by atoms with van der Waals surface area (Å²) in [5.41, 5.74) is -1.90. The molecule has 0 saturated carbocycles. The third-order valence-corrected chi connectivity index (χ3v) is 5.70. The maximum Gasteiger partial charge on any atom is 1.00 e. The summed E-state index contributed by atoms with van der Waals surface area (Å²) < 4.78 is 78.9. The second-order valence-electron chi connectivity index (χ2n) is 8.46. The van der Waals surface area contributed by atoms with Gasteiger partial charge in [0.15, 0.2) is 5.78 Å².